The van der Waals surface area contributed by atoms with E-state index in [1.165, 1.54) is 22.3 Å². The molecule has 0 aromatic heterocycles. The van der Waals surface area contributed by atoms with Crippen molar-refractivity contribution in [2.75, 3.05) is 49.4 Å². The number of benzene rings is 4. The molecule has 0 amide bonds. The molecule has 0 unspecified atom stereocenters. The summed E-state index contributed by atoms with van der Waals surface area (Å²) in [5, 5.41) is 8.86. The molecule has 0 fully saturated rings. The largest absolute Gasteiger partial charge is 0.494 e. The van der Waals surface area contributed by atoms with Gasteiger partial charge in [0.05, 0.1) is 19.8 Å². The molecular weight excluding hydrogens is 633 g/mol. The highest BCUT2D eigenvalue weighted by Crippen LogP contribution is 2.34. The van der Waals surface area contributed by atoms with E-state index in [1.54, 1.807) is 0 Å². The zero-order valence-electron chi connectivity index (χ0n) is 29.3. The Bertz CT molecular complexity index is 1440. The first-order valence-corrected chi connectivity index (χ1v) is 19.6. The molecule has 0 saturated heterocycles. The van der Waals surface area contributed by atoms with Gasteiger partial charge in [-0.1, -0.05) is 94.4 Å². The number of rotatable bonds is 22. The maximum absolute atomic E-state index is 8.86. The minimum absolute atomic E-state index is 0.0355. The summed E-state index contributed by atoms with van der Waals surface area (Å²) in [4.78, 5) is 0. The molecule has 0 aliphatic carbocycles. The fraction of sp³-hybridized carbons (Fsp3) is 0.429. The van der Waals surface area contributed by atoms with Gasteiger partial charge in [-0.15, -0.1) is 0 Å². The molecule has 4 aromatic rings. The smallest absolute Gasteiger partial charge is 0.119 e. The van der Waals surface area contributed by atoms with E-state index >= 15 is 0 Å². The lowest BCUT2D eigenvalue weighted by Crippen LogP contribution is -2.18. The van der Waals surface area contributed by atoms with Crippen LogP contribution in [0.15, 0.2) is 103 Å². The molecule has 0 bridgehead atoms. The van der Waals surface area contributed by atoms with Crippen molar-refractivity contribution in [2.45, 2.75) is 64.2 Å². The Kier molecular flexibility index (Phi) is 15.6. The SMILES string of the molecule is CC(C)(c1ccccc1)c1ccc(OCCCSCCCOc2ccc(C(C)(C)c3ccc(OCCCSCCCO)cc3)cc2)cc1. The number of hydrogen-bond acceptors (Lipinski definition) is 6. The maximum Gasteiger partial charge on any atom is 0.119 e. The van der Waals surface area contributed by atoms with Crippen LogP contribution in [0.5, 0.6) is 17.2 Å². The predicted molar refractivity (Wildman–Crippen MR) is 207 cm³/mol. The van der Waals surface area contributed by atoms with Crippen LogP contribution in [0, 0.1) is 0 Å². The third-order valence-electron chi connectivity index (χ3n) is 8.78. The highest BCUT2D eigenvalue weighted by atomic mass is 32.2. The van der Waals surface area contributed by atoms with Crippen molar-refractivity contribution < 1.29 is 19.3 Å². The van der Waals surface area contributed by atoms with Gasteiger partial charge in [-0.25, -0.2) is 0 Å². The molecule has 258 valence electrons. The van der Waals surface area contributed by atoms with Gasteiger partial charge in [0.25, 0.3) is 0 Å². The average molecular weight is 687 g/mol. The first-order valence-electron chi connectivity index (χ1n) is 17.3. The lowest BCUT2D eigenvalue weighted by atomic mass is 9.78. The van der Waals surface area contributed by atoms with Crippen molar-refractivity contribution >= 4 is 23.5 Å². The van der Waals surface area contributed by atoms with E-state index in [9.17, 15) is 0 Å². The third-order valence-corrected chi connectivity index (χ3v) is 11.1. The van der Waals surface area contributed by atoms with Crippen molar-refractivity contribution in [2.24, 2.45) is 0 Å². The second kappa shape index (κ2) is 19.8. The standard InChI is InChI=1S/C42H54O4S2/c1-41(2,34-12-6-5-7-13-34)35-14-20-38(21-15-35)45-28-10-32-48-33-11-29-46-40-24-18-37(19-25-40)42(3,4)36-16-22-39(23-17-36)44-27-9-31-47-30-8-26-43/h5-7,12-25,43H,8-11,26-33H2,1-4H3. The molecule has 4 nitrogen and oxygen atoms in total. The Morgan fingerprint density at radius 3 is 1.08 bits per heavy atom. The number of ether oxygens (including phenoxy) is 3. The van der Waals surface area contributed by atoms with Crippen molar-refractivity contribution in [1.82, 2.24) is 0 Å². The maximum atomic E-state index is 8.86. The van der Waals surface area contributed by atoms with Crippen LogP contribution in [-0.2, 0) is 10.8 Å². The lowest BCUT2D eigenvalue weighted by Gasteiger charge is -2.26. The quantitative estimate of drug-likeness (QED) is 0.0831. The second-order valence-corrected chi connectivity index (χ2v) is 15.5. The zero-order chi connectivity index (χ0) is 34.1. The van der Waals surface area contributed by atoms with Crippen molar-refractivity contribution in [3.63, 3.8) is 0 Å². The monoisotopic (exact) mass is 686 g/mol. The molecule has 48 heavy (non-hydrogen) atoms. The highest BCUT2D eigenvalue weighted by molar-refractivity contribution is 7.99. The molecule has 0 radical (unpaired) electrons. The predicted octanol–water partition coefficient (Wildman–Crippen LogP) is 10.2. The minimum atomic E-state index is -0.122. The second-order valence-electron chi connectivity index (χ2n) is 13.1. The van der Waals surface area contributed by atoms with E-state index in [4.69, 9.17) is 19.3 Å². The summed E-state index contributed by atoms with van der Waals surface area (Å²) in [5.41, 5.74) is 4.96. The van der Waals surface area contributed by atoms with Crippen molar-refractivity contribution in [3.8, 4) is 17.2 Å². The Labute approximate surface area is 298 Å². The van der Waals surface area contributed by atoms with Gasteiger partial charge >= 0.3 is 0 Å². The van der Waals surface area contributed by atoms with Crippen LogP contribution in [0.3, 0.4) is 0 Å². The van der Waals surface area contributed by atoms with Crippen LogP contribution in [0.25, 0.3) is 0 Å². The van der Waals surface area contributed by atoms with Crippen molar-refractivity contribution in [3.05, 3.63) is 125 Å². The first kappa shape index (κ1) is 37.8. The molecule has 6 heteroatoms. The molecule has 0 atom stereocenters. The van der Waals surface area contributed by atoms with Crippen LogP contribution >= 0.6 is 23.5 Å². The van der Waals surface area contributed by atoms with Gasteiger partial charge in [0.2, 0.25) is 0 Å². The Morgan fingerprint density at radius 2 is 0.750 bits per heavy atom. The molecule has 4 rings (SSSR count). The number of aliphatic hydroxyl groups excluding tert-OH is 1. The van der Waals surface area contributed by atoms with Crippen LogP contribution in [0.2, 0.25) is 0 Å². The Hall–Kier alpha value is -3.06. The summed E-state index contributed by atoms with van der Waals surface area (Å²) in [7, 11) is 0. The molecule has 1 N–H and O–H groups in total. The van der Waals surface area contributed by atoms with Crippen LogP contribution in [0.1, 0.15) is 75.6 Å². The van der Waals surface area contributed by atoms with Gasteiger partial charge in [0, 0.05) is 17.4 Å². The molecule has 0 spiro atoms. The highest BCUT2D eigenvalue weighted by Gasteiger charge is 2.24. The van der Waals surface area contributed by atoms with Crippen LogP contribution in [-0.4, -0.2) is 54.5 Å². The van der Waals surface area contributed by atoms with E-state index in [0.29, 0.717) is 6.61 Å². The zero-order valence-corrected chi connectivity index (χ0v) is 30.9. The third kappa shape index (κ3) is 11.8. The average Bonchev–Trinajstić information content (AvgIpc) is 3.11. The number of hydrogen-bond donors (Lipinski definition) is 1. The molecule has 0 aliphatic heterocycles. The van der Waals surface area contributed by atoms with E-state index in [0.717, 1.165) is 79.2 Å². The number of thioether (sulfide) groups is 2. The van der Waals surface area contributed by atoms with Gasteiger partial charge in [0.1, 0.15) is 17.2 Å². The number of aliphatic hydroxyl groups is 1. The molecule has 4 aromatic carbocycles. The summed E-state index contributed by atoms with van der Waals surface area (Å²) in [6.07, 6.45) is 3.93. The van der Waals surface area contributed by atoms with Crippen LogP contribution < -0.4 is 14.2 Å². The van der Waals surface area contributed by atoms with E-state index in [-0.39, 0.29) is 17.4 Å². The summed E-state index contributed by atoms with van der Waals surface area (Å²) in [5.74, 6) is 7.01. The Morgan fingerprint density at radius 1 is 0.438 bits per heavy atom. The topological polar surface area (TPSA) is 47.9 Å². The molecule has 0 aliphatic rings. The van der Waals surface area contributed by atoms with Gasteiger partial charge in [-0.2, -0.15) is 23.5 Å². The lowest BCUT2D eigenvalue weighted by molar-refractivity contribution is 0.296. The summed E-state index contributed by atoms with van der Waals surface area (Å²) >= 11 is 3.84. The van der Waals surface area contributed by atoms with Crippen molar-refractivity contribution in [1.29, 1.82) is 0 Å². The normalized spacial score (nSPS) is 11.8. The summed E-state index contributed by atoms with van der Waals surface area (Å²) < 4.78 is 18.0. The Balaban J connectivity index is 1.07. The first-order chi connectivity index (χ1) is 23.3. The summed E-state index contributed by atoms with van der Waals surface area (Å²) in [6.45, 7) is 11.5. The van der Waals surface area contributed by atoms with E-state index in [1.807, 2.05) is 23.5 Å². The fourth-order valence-electron chi connectivity index (χ4n) is 5.52. The molecular formula is C42H54O4S2. The van der Waals surface area contributed by atoms with E-state index in [2.05, 4.69) is 131 Å². The fourth-order valence-corrected chi connectivity index (χ4v) is 7.22. The molecule has 0 saturated carbocycles. The van der Waals surface area contributed by atoms with E-state index < -0.39 is 0 Å². The summed E-state index contributed by atoms with van der Waals surface area (Å²) in [6, 6.07) is 36.2. The van der Waals surface area contributed by atoms with Crippen LogP contribution in [0.4, 0.5) is 0 Å². The molecule has 0 heterocycles. The minimum Gasteiger partial charge on any atom is -0.494 e. The van der Waals surface area contributed by atoms with Gasteiger partial charge in [0.15, 0.2) is 0 Å². The van der Waals surface area contributed by atoms with Gasteiger partial charge < -0.3 is 19.3 Å². The van der Waals surface area contributed by atoms with Gasteiger partial charge in [-0.3, -0.25) is 0 Å². The van der Waals surface area contributed by atoms with Gasteiger partial charge in [-0.05, 0) is 107 Å².